The lowest BCUT2D eigenvalue weighted by Crippen LogP contribution is -2.39. The van der Waals surface area contributed by atoms with Gasteiger partial charge in [0.05, 0.1) is 17.8 Å². The number of esters is 3. The molecule has 7 rings (SSSR count). The third-order valence-corrected chi connectivity index (χ3v) is 9.74. The van der Waals surface area contributed by atoms with Crippen LogP contribution in [-0.4, -0.2) is 109 Å². The van der Waals surface area contributed by atoms with Gasteiger partial charge in [0.1, 0.15) is 17.2 Å². The molecule has 0 amide bonds. The van der Waals surface area contributed by atoms with E-state index in [0.29, 0.717) is 21.4 Å². The topological polar surface area (TPSA) is 136 Å². The SMILES string of the molecule is [2H]C([2H])([2H])N(CCc1c[nH]c2cccc(OC(=O)C3CC(C(=O)Oc4cccc5[nH]cc(C([2H])([2H])C([2H])([2H])N(C)C)c45)CC(C(=O)Oc4cccc5[nH]cc(C([2H])([2H])C([2H])([2H])N(C([2H])([2H])[2H])C([2H])([2H])[2H])c45)C3)c12)C([2H])([2H])[2H]. The van der Waals surface area contributed by atoms with Gasteiger partial charge in [-0.05, 0) is 134 Å². The van der Waals surface area contributed by atoms with E-state index in [1.807, 2.05) is 0 Å². The van der Waals surface area contributed by atoms with Crippen LogP contribution in [0.5, 0.6) is 17.2 Å². The van der Waals surface area contributed by atoms with Gasteiger partial charge in [0.2, 0.25) is 0 Å². The Morgan fingerprint density at radius 1 is 0.596 bits per heavy atom. The zero-order chi connectivity index (χ0) is 57.4. The molecule has 3 aromatic heterocycles. The average Bonchev–Trinajstić information content (AvgIpc) is 4.07. The fourth-order valence-corrected chi connectivity index (χ4v) is 7.16. The molecule has 300 valence electrons. The highest BCUT2D eigenvalue weighted by molar-refractivity contribution is 5.95. The Morgan fingerprint density at radius 3 is 1.39 bits per heavy atom. The zero-order valence-corrected chi connectivity index (χ0v) is 31.0. The summed E-state index contributed by atoms with van der Waals surface area (Å²) in [6.45, 7) is -20.1. The lowest BCUT2D eigenvalue weighted by atomic mass is 9.75. The molecule has 1 aliphatic carbocycles. The van der Waals surface area contributed by atoms with Gasteiger partial charge in [-0.15, -0.1) is 0 Å². The summed E-state index contributed by atoms with van der Waals surface area (Å²) in [5.74, 6) is -7.68. The molecule has 1 aliphatic rings. The molecule has 0 bridgehead atoms. The Morgan fingerprint density at radius 2 is 0.982 bits per heavy atom. The Hall–Kier alpha value is -5.43. The maximum atomic E-state index is 14.6. The molecule has 57 heavy (non-hydrogen) atoms. The number of likely N-dealkylation sites (N-methyl/N-ethyl adjacent to an activating group) is 3. The van der Waals surface area contributed by atoms with Crippen molar-refractivity contribution in [2.45, 2.75) is 38.4 Å². The van der Waals surface area contributed by atoms with E-state index < -0.39 is 112 Å². The molecule has 12 heteroatoms. The highest BCUT2D eigenvalue weighted by Gasteiger charge is 2.42. The number of fused-ring (bicyclic) bond motifs is 3. The van der Waals surface area contributed by atoms with E-state index in [0.717, 1.165) is 11.1 Å². The minimum absolute atomic E-state index is 0.0241. The summed E-state index contributed by atoms with van der Waals surface area (Å²) in [5.41, 5.74) is 0.315. The van der Waals surface area contributed by atoms with Gasteiger partial charge in [-0.25, -0.2) is 0 Å². The molecule has 12 nitrogen and oxygen atoms in total. The molecule has 0 aliphatic heterocycles. The van der Waals surface area contributed by atoms with Crippen LogP contribution in [0.25, 0.3) is 32.7 Å². The molecule has 0 spiro atoms. The van der Waals surface area contributed by atoms with Crippen molar-refractivity contribution in [1.29, 1.82) is 0 Å². The van der Waals surface area contributed by atoms with Crippen molar-refractivity contribution < 1.29 is 56.0 Å². The molecular weight excluding hydrogens is 721 g/mol. The summed E-state index contributed by atoms with van der Waals surface area (Å²) in [5, 5.41) is 0.0451. The number of aryl methyl sites for hydroxylation is 2. The first kappa shape index (κ1) is 21.9. The monoisotopic (exact) mass is 795 g/mol. The molecule has 0 saturated heterocycles. The number of aromatic amines is 3. The summed E-state index contributed by atoms with van der Waals surface area (Å²) in [4.78, 5) is 53.1. The molecule has 1 saturated carbocycles. The van der Waals surface area contributed by atoms with Crippen LogP contribution in [0.4, 0.5) is 0 Å². The van der Waals surface area contributed by atoms with Crippen LogP contribution in [-0.2, 0) is 33.6 Å². The molecule has 0 radical (unpaired) electrons. The second-order valence-corrected chi connectivity index (χ2v) is 13.9. The fourth-order valence-electron chi connectivity index (χ4n) is 7.16. The molecule has 3 atom stereocenters. The molecular formula is C45H54N6O6. The minimum atomic E-state index is -3.77. The molecule has 3 heterocycles. The number of benzene rings is 3. The summed E-state index contributed by atoms with van der Waals surface area (Å²) in [6, 6.07) is 13.0. The van der Waals surface area contributed by atoms with Gasteiger partial charge < -0.3 is 43.9 Å². The van der Waals surface area contributed by atoms with Crippen molar-refractivity contribution in [3.05, 3.63) is 89.9 Å². The molecule has 3 unspecified atom stereocenters. The predicted molar refractivity (Wildman–Crippen MR) is 223 cm³/mol. The smallest absolute Gasteiger partial charge is 0.314 e. The first-order chi connectivity index (χ1) is 35.3. The largest absolute Gasteiger partial charge is 0.426 e. The fraction of sp³-hybridized carbons (Fsp3) is 0.400. The Labute approximate surface area is 361 Å². The van der Waals surface area contributed by atoms with Crippen molar-refractivity contribution >= 4 is 50.6 Å². The number of nitrogens with one attached hydrogen (secondary N) is 3. The van der Waals surface area contributed by atoms with Crippen molar-refractivity contribution in [2.24, 2.45) is 17.8 Å². The third kappa shape index (κ3) is 9.09. The Kier molecular flexibility index (Phi) is 6.68. The number of nitrogens with zero attached hydrogens (tertiary/aromatic N) is 3. The van der Waals surface area contributed by atoms with Crippen LogP contribution < -0.4 is 14.2 Å². The maximum Gasteiger partial charge on any atom is 0.314 e. The van der Waals surface area contributed by atoms with E-state index in [-0.39, 0.29) is 64.6 Å². The summed E-state index contributed by atoms with van der Waals surface area (Å²) < 4.78 is 182. The number of hydrogen-bond acceptors (Lipinski definition) is 9. The standard InChI is InChI=1S/C45H54N6O6/c1-49(2)19-16-28-25-46-34-10-7-13-37(40(28)34)55-43(52)31-22-32(44(53)56-38-14-8-11-35-41(38)29(26-47-35)17-20-50(3)4)24-33(23-31)45(54)57-39-15-9-12-36-42(39)30(27-48-36)18-21-51(5)6/h7-15,25-27,31-33,46-48H,16-24H2,1-6H3/i1D3,2D3,3D3,4D3,16D2,18D2,19D2,21D2. The number of rotatable bonds is 15. The van der Waals surface area contributed by atoms with E-state index in [4.69, 9.17) is 41.6 Å². The molecule has 6 aromatic rings. The summed E-state index contributed by atoms with van der Waals surface area (Å²) in [6.07, 6.45) is -3.56. The predicted octanol–water partition coefficient (Wildman–Crippen LogP) is 6.59. The van der Waals surface area contributed by atoms with Gasteiger partial charge >= 0.3 is 17.9 Å². The van der Waals surface area contributed by atoms with Gasteiger partial charge in [0.15, 0.2) is 0 Å². The highest BCUT2D eigenvalue weighted by Crippen LogP contribution is 2.40. The van der Waals surface area contributed by atoms with Gasteiger partial charge in [0.25, 0.3) is 0 Å². The highest BCUT2D eigenvalue weighted by atomic mass is 16.5. The van der Waals surface area contributed by atoms with Crippen LogP contribution >= 0.6 is 0 Å². The van der Waals surface area contributed by atoms with Gasteiger partial charge in [-0.3, -0.25) is 14.4 Å². The molecule has 3 aromatic carbocycles. The Balaban J connectivity index is 1.25. The maximum absolute atomic E-state index is 14.6. The summed E-state index contributed by atoms with van der Waals surface area (Å²) >= 11 is 0. The van der Waals surface area contributed by atoms with Crippen LogP contribution in [0.3, 0.4) is 0 Å². The van der Waals surface area contributed by atoms with Gasteiger partial charge in [-0.2, -0.15) is 0 Å². The number of carbonyl (C=O) groups excluding carboxylic acids is 3. The van der Waals surface area contributed by atoms with E-state index in [2.05, 4.69) is 15.0 Å². The summed E-state index contributed by atoms with van der Waals surface area (Å²) in [7, 11) is 2.70. The molecule has 1 fully saturated rings. The van der Waals surface area contributed by atoms with Crippen LogP contribution in [0.2, 0.25) is 0 Å². The van der Waals surface area contributed by atoms with Gasteiger partial charge in [0, 0.05) is 98.3 Å². The Bertz CT molecular complexity index is 3150. The van der Waals surface area contributed by atoms with Crippen molar-refractivity contribution in [1.82, 2.24) is 29.7 Å². The number of H-pyrrole nitrogens is 3. The van der Waals surface area contributed by atoms with Gasteiger partial charge in [-0.1, -0.05) is 18.2 Å². The van der Waals surface area contributed by atoms with Crippen molar-refractivity contribution in [2.75, 3.05) is 61.5 Å². The zero-order valence-electron chi connectivity index (χ0n) is 51.0. The minimum Gasteiger partial charge on any atom is -0.426 e. The lowest BCUT2D eigenvalue weighted by molar-refractivity contribution is -0.150. The number of hydrogen-bond donors (Lipinski definition) is 3. The van der Waals surface area contributed by atoms with Crippen LogP contribution in [0, 0.1) is 17.8 Å². The number of aromatic nitrogens is 3. The van der Waals surface area contributed by atoms with E-state index in [1.54, 1.807) is 18.2 Å². The second kappa shape index (κ2) is 17.4. The van der Waals surface area contributed by atoms with Crippen molar-refractivity contribution in [3.63, 3.8) is 0 Å². The first-order valence-electron chi connectivity index (χ1n) is 28.0. The van der Waals surface area contributed by atoms with E-state index in [1.165, 1.54) is 62.9 Å². The molecule has 3 N–H and O–H groups in total. The lowest BCUT2D eigenvalue weighted by Gasteiger charge is -2.31. The van der Waals surface area contributed by atoms with E-state index in [9.17, 15) is 14.4 Å². The first-order valence-corrected chi connectivity index (χ1v) is 18.0. The van der Waals surface area contributed by atoms with Crippen molar-refractivity contribution in [3.8, 4) is 17.2 Å². The van der Waals surface area contributed by atoms with E-state index >= 15 is 0 Å². The number of ether oxygens (including phenoxy) is 3. The van der Waals surface area contributed by atoms with Crippen LogP contribution in [0.15, 0.2) is 73.2 Å². The van der Waals surface area contributed by atoms with Crippen LogP contribution in [0.1, 0.15) is 63.4 Å². The number of carbonyl (C=O) groups is 3. The quantitative estimate of drug-likeness (QED) is 0.0777. The second-order valence-electron chi connectivity index (χ2n) is 13.9. The average molecular weight is 795 g/mol. The third-order valence-electron chi connectivity index (χ3n) is 9.74. The normalized spacial score (nSPS) is 24.4.